The van der Waals surface area contributed by atoms with E-state index in [0.717, 1.165) is 26.1 Å². The minimum Gasteiger partial charge on any atom is -0.351 e. The number of hydrogen-bond acceptors (Lipinski definition) is 5. The molecule has 3 saturated heterocycles. The summed E-state index contributed by atoms with van der Waals surface area (Å²) in [5.74, 6) is 0. The maximum Gasteiger partial charge on any atom is 0.680 e. The first-order chi connectivity index (χ1) is 7.74. The molecule has 0 saturated carbocycles. The van der Waals surface area contributed by atoms with E-state index in [1.165, 1.54) is 0 Å². The number of rotatable bonds is 3. The molecule has 0 aromatic rings. The third-order valence-electron chi connectivity index (χ3n) is 2.72. The minimum atomic E-state index is -2.84. The van der Waals surface area contributed by atoms with Gasteiger partial charge < -0.3 is 17.7 Å². The normalized spacial score (nSPS) is 40.1. The SMILES string of the molecule is CCCO[Si]12OCCN(CCO1)CC(C)O2. The molecule has 6 heteroatoms. The molecule has 0 N–H and O–H groups in total. The quantitative estimate of drug-likeness (QED) is 0.684. The average Bonchev–Trinajstić information content (AvgIpc) is 2.18. The van der Waals surface area contributed by atoms with Crippen LogP contribution in [0.15, 0.2) is 0 Å². The monoisotopic (exact) mass is 247 g/mol. The van der Waals surface area contributed by atoms with Crippen LogP contribution in [0.3, 0.4) is 0 Å². The van der Waals surface area contributed by atoms with Crippen molar-refractivity contribution in [2.75, 3.05) is 39.5 Å². The highest BCUT2D eigenvalue weighted by atomic mass is 28.4. The number of hydrogen-bond donors (Lipinski definition) is 0. The highest BCUT2D eigenvalue weighted by Gasteiger charge is 2.49. The zero-order valence-corrected chi connectivity index (χ0v) is 11.1. The Labute approximate surface area is 98.1 Å². The largest absolute Gasteiger partial charge is 0.680 e. The Bertz CT molecular complexity index is 213. The molecule has 0 radical (unpaired) electrons. The second-order valence-corrected chi connectivity index (χ2v) is 6.38. The predicted molar refractivity (Wildman–Crippen MR) is 60.9 cm³/mol. The second kappa shape index (κ2) is 5.57. The van der Waals surface area contributed by atoms with Crippen molar-refractivity contribution in [2.45, 2.75) is 26.4 Å². The van der Waals surface area contributed by atoms with Gasteiger partial charge in [0.2, 0.25) is 0 Å². The van der Waals surface area contributed by atoms with E-state index in [1.807, 2.05) is 6.92 Å². The Morgan fingerprint density at radius 3 is 2.62 bits per heavy atom. The van der Waals surface area contributed by atoms with Gasteiger partial charge in [-0.05, 0) is 13.3 Å². The first-order valence-corrected chi connectivity index (χ1v) is 7.69. The summed E-state index contributed by atoms with van der Waals surface area (Å²) in [6.45, 7) is 8.88. The topological polar surface area (TPSA) is 40.2 Å². The third kappa shape index (κ3) is 3.03. The molecule has 0 aliphatic carbocycles. The van der Waals surface area contributed by atoms with E-state index in [9.17, 15) is 0 Å². The molecule has 0 aromatic carbocycles. The van der Waals surface area contributed by atoms with Gasteiger partial charge in [0.25, 0.3) is 0 Å². The van der Waals surface area contributed by atoms with Gasteiger partial charge in [0.1, 0.15) is 0 Å². The maximum atomic E-state index is 5.88. The molecule has 0 aromatic heterocycles. The van der Waals surface area contributed by atoms with Crippen LogP contribution in [0, 0.1) is 0 Å². The second-order valence-electron chi connectivity index (χ2n) is 4.27. The smallest absolute Gasteiger partial charge is 0.351 e. The fraction of sp³-hybridized carbons (Fsp3) is 1.00. The van der Waals surface area contributed by atoms with Gasteiger partial charge in [-0.25, -0.2) is 0 Å². The van der Waals surface area contributed by atoms with E-state index in [-0.39, 0.29) is 6.10 Å². The van der Waals surface area contributed by atoms with Crippen LogP contribution < -0.4 is 0 Å². The molecular formula is C10H21NO4Si. The molecular weight excluding hydrogens is 226 g/mol. The predicted octanol–water partition coefficient (Wildman–Crippen LogP) is 0.616. The molecule has 16 heavy (non-hydrogen) atoms. The van der Waals surface area contributed by atoms with E-state index in [0.29, 0.717) is 19.8 Å². The van der Waals surface area contributed by atoms with Crippen molar-refractivity contribution in [3.8, 4) is 0 Å². The molecule has 0 spiro atoms. The molecule has 94 valence electrons. The number of nitrogens with zero attached hydrogens (tertiary/aromatic N) is 1. The Morgan fingerprint density at radius 1 is 1.31 bits per heavy atom. The van der Waals surface area contributed by atoms with Crippen LogP contribution in [-0.4, -0.2) is 59.5 Å². The van der Waals surface area contributed by atoms with Crippen LogP contribution in [0.5, 0.6) is 0 Å². The molecule has 3 aliphatic rings. The summed E-state index contributed by atoms with van der Waals surface area (Å²) < 4.78 is 23.1. The molecule has 5 nitrogen and oxygen atoms in total. The summed E-state index contributed by atoms with van der Waals surface area (Å²) in [5, 5.41) is 0. The van der Waals surface area contributed by atoms with Crippen molar-refractivity contribution >= 4 is 9.05 Å². The lowest BCUT2D eigenvalue weighted by molar-refractivity contribution is -0.0949. The Morgan fingerprint density at radius 2 is 2.00 bits per heavy atom. The maximum absolute atomic E-state index is 5.88. The summed E-state index contributed by atoms with van der Waals surface area (Å²) in [6.07, 6.45) is 1.06. The van der Waals surface area contributed by atoms with Gasteiger partial charge in [-0.3, -0.25) is 4.90 Å². The van der Waals surface area contributed by atoms with Crippen molar-refractivity contribution in [1.82, 2.24) is 4.90 Å². The van der Waals surface area contributed by atoms with Crippen LogP contribution in [0.25, 0.3) is 0 Å². The van der Waals surface area contributed by atoms with E-state index in [4.69, 9.17) is 17.7 Å². The van der Waals surface area contributed by atoms with Crippen molar-refractivity contribution in [3.05, 3.63) is 0 Å². The van der Waals surface area contributed by atoms with Gasteiger partial charge in [-0.1, -0.05) is 6.92 Å². The summed E-state index contributed by atoms with van der Waals surface area (Å²) in [6, 6.07) is 0. The van der Waals surface area contributed by atoms with Gasteiger partial charge in [0.05, 0.1) is 19.3 Å². The standard InChI is InChI=1S/C10H21NO4Si/c1-3-6-12-16-13-7-4-11(5-8-14-16)9-10(2)15-16/h10H,3-9H2,1-2H3. The summed E-state index contributed by atoms with van der Waals surface area (Å²) in [4.78, 5) is 2.31. The first kappa shape index (κ1) is 12.5. The van der Waals surface area contributed by atoms with Crippen LogP contribution >= 0.6 is 0 Å². The van der Waals surface area contributed by atoms with E-state index < -0.39 is 9.05 Å². The van der Waals surface area contributed by atoms with Crippen LogP contribution in [0.1, 0.15) is 20.3 Å². The summed E-state index contributed by atoms with van der Waals surface area (Å²) in [5.41, 5.74) is 0. The lowest BCUT2D eigenvalue weighted by atomic mass is 10.3. The molecule has 0 amide bonds. The highest BCUT2D eigenvalue weighted by Crippen LogP contribution is 2.20. The molecule has 3 rings (SSSR count). The first-order valence-electron chi connectivity index (χ1n) is 6.06. The van der Waals surface area contributed by atoms with E-state index >= 15 is 0 Å². The molecule has 3 fully saturated rings. The zero-order valence-electron chi connectivity index (χ0n) is 10.1. The average molecular weight is 247 g/mol. The Hall–Kier alpha value is 0.0169. The van der Waals surface area contributed by atoms with Crippen molar-refractivity contribution in [1.29, 1.82) is 0 Å². The fourth-order valence-corrected chi connectivity index (χ4v) is 4.15. The van der Waals surface area contributed by atoms with E-state index in [2.05, 4.69) is 11.8 Å². The number of fused-ring (bicyclic) bond motifs is 6. The van der Waals surface area contributed by atoms with Crippen molar-refractivity contribution in [2.24, 2.45) is 0 Å². The van der Waals surface area contributed by atoms with Gasteiger partial charge in [-0.15, -0.1) is 0 Å². The van der Waals surface area contributed by atoms with Crippen molar-refractivity contribution in [3.63, 3.8) is 0 Å². The van der Waals surface area contributed by atoms with E-state index in [1.54, 1.807) is 0 Å². The van der Waals surface area contributed by atoms with Gasteiger partial charge in [-0.2, -0.15) is 0 Å². The van der Waals surface area contributed by atoms with Gasteiger partial charge in [0, 0.05) is 26.2 Å². The van der Waals surface area contributed by atoms with Crippen LogP contribution in [0.2, 0.25) is 0 Å². The lowest BCUT2D eigenvalue weighted by Crippen LogP contribution is -2.59. The highest BCUT2D eigenvalue weighted by molar-refractivity contribution is 6.53. The zero-order chi connectivity index (χ0) is 11.4. The lowest BCUT2D eigenvalue weighted by Gasteiger charge is -2.39. The molecule has 3 aliphatic heterocycles. The minimum absolute atomic E-state index is 0.115. The third-order valence-corrected chi connectivity index (χ3v) is 5.08. The van der Waals surface area contributed by atoms with Gasteiger partial charge in [0.15, 0.2) is 0 Å². The molecule has 3 heterocycles. The summed E-state index contributed by atoms with van der Waals surface area (Å²) >= 11 is 0. The van der Waals surface area contributed by atoms with Crippen molar-refractivity contribution < 1.29 is 17.7 Å². The Balaban J connectivity index is 2.05. The molecule has 1 atom stereocenters. The summed E-state index contributed by atoms with van der Waals surface area (Å²) in [7, 11) is -2.84. The Kier molecular flexibility index (Phi) is 4.34. The molecule has 2 bridgehead atoms. The van der Waals surface area contributed by atoms with Gasteiger partial charge >= 0.3 is 9.05 Å². The van der Waals surface area contributed by atoms with Crippen LogP contribution in [0.4, 0.5) is 0 Å². The van der Waals surface area contributed by atoms with Crippen LogP contribution in [-0.2, 0) is 17.7 Å². The fourth-order valence-electron chi connectivity index (χ4n) is 2.00. The molecule has 1 unspecified atom stereocenters.